The first-order valence-electron chi connectivity index (χ1n) is 10.7. The van der Waals surface area contributed by atoms with E-state index in [-0.39, 0.29) is 5.60 Å². The van der Waals surface area contributed by atoms with Crippen molar-refractivity contribution in [2.75, 3.05) is 13.1 Å². The van der Waals surface area contributed by atoms with Crippen LogP contribution < -0.4 is 5.32 Å². The van der Waals surface area contributed by atoms with Crippen LogP contribution in [0.1, 0.15) is 69.8 Å². The summed E-state index contributed by atoms with van der Waals surface area (Å²) < 4.78 is 0. The van der Waals surface area contributed by atoms with Crippen molar-refractivity contribution in [2.45, 2.75) is 75.9 Å². The molecule has 0 unspecified atom stereocenters. The van der Waals surface area contributed by atoms with Crippen molar-refractivity contribution in [3.8, 4) is 0 Å². The fraction of sp³-hybridized carbons (Fsp3) is 0.636. The van der Waals surface area contributed by atoms with Gasteiger partial charge in [0.15, 0.2) is 5.11 Å². The summed E-state index contributed by atoms with van der Waals surface area (Å²) >= 11 is 11.7. The Kier molecular flexibility index (Phi) is 6.42. The van der Waals surface area contributed by atoms with Gasteiger partial charge in [0.2, 0.25) is 0 Å². The van der Waals surface area contributed by atoms with Crippen LogP contribution in [0.2, 0.25) is 5.02 Å². The summed E-state index contributed by atoms with van der Waals surface area (Å²) in [7, 11) is 0. The summed E-state index contributed by atoms with van der Waals surface area (Å²) in [5.74, 6) is 0. The van der Waals surface area contributed by atoms with Crippen molar-refractivity contribution in [3.63, 3.8) is 0 Å². The highest BCUT2D eigenvalue weighted by Crippen LogP contribution is 2.36. The monoisotopic (exact) mass is 419 g/mol. The van der Waals surface area contributed by atoms with Gasteiger partial charge >= 0.3 is 0 Å². The van der Waals surface area contributed by atoms with Crippen LogP contribution in [-0.4, -0.2) is 40.5 Å². The number of piperidine rings is 1. The predicted molar refractivity (Wildman–Crippen MR) is 119 cm³/mol. The van der Waals surface area contributed by atoms with Crippen molar-refractivity contribution in [3.05, 3.63) is 34.9 Å². The molecule has 1 aliphatic carbocycles. The number of rotatable bonds is 2. The van der Waals surface area contributed by atoms with Gasteiger partial charge in [-0.05, 0) is 42.8 Å². The van der Waals surface area contributed by atoms with E-state index in [0.29, 0.717) is 6.04 Å². The molecule has 0 radical (unpaired) electrons. The Morgan fingerprint density at radius 2 is 1.71 bits per heavy atom. The molecule has 2 fully saturated rings. The van der Waals surface area contributed by atoms with Gasteiger partial charge in [-0.2, -0.15) is 0 Å². The standard InChI is InChI=1S/C22H30ClN3OS/c23-18-10-8-17(9-11-18)20-16-22(27-25-20)12-14-26(15-13-22)21(28)24-19-6-4-2-1-3-5-7-19/h8-11,19H,1-7,12-16H2,(H,24,28). The zero-order valence-electron chi connectivity index (χ0n) is 16.5. The van der Waals surface area contributed by atoms with Gasteiger partial charge in [-0.25, -0.2) is 0 Å². The molecular weight excluding hydrogens is 390 g/mol. The number of hydrogen-bond donors (Lipinski definition) is 1. The second-order valence-corrected chi connectivity index (χ2v) is 9.30. The lowest BCUT2D eigenvalue weighted by Crippen LogP contribution is -2.51. The highest BCUT2D eigenvalue weighted by molar-refractivity contribution is 7.80. The summed E-state index contributed by atoms with van der Waals surface area (Å²) in [5, 5.41) is 9.73. The molecule has 0 aromatic heterocycles. The minimum absolute atomic E-state index is 0.165. The lowest BCUT2D eigenvalue weighted by molar-refractivity contribution is -0.0525. The second-order valence-electron chi connectivity index (χ2n) is 8.47. The fourth-order valence-corrected chi connectivity index (χ4v) is 5.05. The number of hydrogen-bond acceptors (Lipinski definition) is 3. The average molecular weight is 420 g/mol. The first-order chi connectivity index (χ1) is 13.6. The number of halogens is 1. The summed E-state index contributed by atoms with van der Waals surface area (Å²) in [6, 6.07) is 8.41. The summed E-state index contributed by atoms with van der Waals surface area (Å²) in [6.07, 6.45) is 12.1. The van der Waals surface area contributed by atoms with E-state index in [4.69, 9.17) is 28.7 Å². The fourth-order valence-electron chi connectivity index (χ4n) is 4.57. The Hall–Kier alpha value is -1.33. The van der Waals surface area contributed by atoms with Crippen molar-refractivity contribution < 1.29 is 4.84 Å². The van der Waals surface area contributed by atoms with Gasteiger partial charge in [0.25, 0.3) is 0 Å². The van der Waals surface area contributed by atoms with Gasteiger partial charge < -0.3 is 15.1 Å². The van der Waals surface area contributed by atoms with E-state index in [1.54, 1.807) is 0 Å². The molecule has 4 nitrogen and oxygen atoms in total. The third kappa shape index (κ3) is 4.80. The smallest absolute Gasteiger partial charge is 0.169 e. The Morgan fingerprint density at radius 3 is 2.39 bits per heavy atom. The van der Waals surface area contributed by atoms with Crippen LogP contribution in [0.3, 0.4) is 0 Å². The lowest BCUT2D eigenvalue weighted by atomic mass is 9.85. The molecular formula is C22H30ClN3OS. The van der Waals surface area contributed by atoms with E-state index in [1.807, 2.05) is 24.3 Å². The predicted octanol–water partition coefficient (Wildman–Crippen LogP) is 5.29. The van der Waals surface area contributed by atoms with Gasteiger partial charge in [-0.15, -0.1) is 0 Å². The van der Waals surface area contributed by atoms with Crippen LogP contribution >= 0.6 is 23.8 Å². The Morgan fingerprint density at radius 1 is 1.07 bits per heavy atom. The molecule has 1 aromatic rings. The summed E-state index contributed by atoms with van der Waals surface area (Å²) in [6.45, 7) is 1.87. The van der Waals surface area contributed by atoms with Crippen molar-refractivity contribution in [2.24, 2.45) is 5.16 Å². The molecule has 3 aliphatic rings. The number of benzene rings is 1. The third-order valence-electron chi connectivity index (χ3n) is 6.41. The number of nitrogens with zero attached hydrogens (tertiary/aromatic N) is 2. The molecule has 1 saturated heterocycles. The molecule has 1 spiro atoms. The topological polar surface area (TPSA) is 36.9 Å². The van der Waals surface area contributed by atoms with Gasteiger partial charge in [0, 0.05) is 43.4 Å². The average Bonchev–Trinajstić information content (AvgIpc) is 3.08. The Labute approximate surface area is 178 Å². The van der Waals surface area contributed by atoms with Crippen LogP contribution in [0.4, 0.5) is 0 Å². The van der Waals surface area contributed by atoms with Crippen LogP contribution in [0, 0.1) is 0 Å². The highest BCUT2D eigenvalue weighted by Gasteiger charge is 2.42. The van der Waals surface area contributed by atoms with E-state index in [2.05, 4.69) is 15.4 Å². The highest BCUT2D eigenvalue weighted by atomic mass is 35.5. The molecule has 1 N–H and O–H groups in total. The van der Waals surface area contributed by atoms with E-state index < -0.39 is 0 Å². The Balaban J connectivity index is 1.27. The van der Waals surface area contributed by atoms with Crippen molar-refractivity contribution >= 4 is 34.6 Å². The first kappa shape index (κ1) is 20.0. The largest absolute Gasteiger partial charge is 0.388 e. The number of oxime groups is 1. The number of likely N-dealkylation sites (tertiary alicyclic amines) is 1. The lowest BCUT2D eigenvalue weighted by Gasteiger charge is -2.39. The Bertz CT molecular complexity index is 705. The van der Waals surface area contributed by atoms with Crippen LogP contribution in [0.5, 0.6) is 0 Å². The van der Waals surface area contributed by atoms with Crippen molar-refractivity contribution in [1.82, 2.24) is 10.2 Å². The minimum Gasteiger partial charge on any atom is -0.388 e. The maximum Gasteiger partial charge on any atom is 0.169 e. The maximum absolute atomic E-state index is 6.00. The molecule has 0 amide bonds. The van der Waals surface area contributed by atoms with Crippen LogP contribution in [0.25, 0.3) is 0 Å². The molecule has 4 rings (SSSR count). The number of nitrogens with one attached hydrogen (secondary N) is 1. The zero-order valence-corrected chi connectivity index (χ0v) is 18.0. The molecule has 152 valence electrons. The third-order valence-corrected chi connectivity index (χ3v) is 7.04. The first-order valence-corrected chi connectivity index (χ1v) is 11.5. The van der Waals surface area contributed by atoms with E-state index >= 15 is 0 Å². The van der Waals surface area contributed by atoms with Crippen LogP contribution in [0.15, 0.2) is 29.4 Å². The van der Waals surface area contributed by atoms with E-state index in [0.717, 1.165) is 53.8 Å². The van der Waals surface area contributed by atoms with Gasteiger partial charge in [-0.1, -0.05) is 61.0 Å². The molecule has 28 heavy (non-hydrogen) atoms. The second kappa shape index (κ2) is 9.00. The SMILES string of the molecule is S=C(NC1CCCCCCC1)N1CCC2(CC1)CC(c1ccc(Cl)cc1)=NO2. The molecule has 0 atom stereocenters. The zero-order chi connectivity index (χ0) is 19.4. The van der Waals surface area contributed by atoms with Gasteiger partial charge in [0.1, 0.15) is 5.60 Å². The summed E-state index contributed by atoms with van der Waals surface area (Å²) in [5.41, 5.74) is 1.96. The quantitative estimate of drug-likeness (QED) is 0.661. The maximum atomic E-state index is 6.00. The van der Waals surface area contributed by atoms with E-state index in [9.17, 15) is 0 Å². The van der Waals surface area contributed by atoms with E-state index in [1.165, 1.54) is 44.9 Å². The molecule has 6 heteroatoms. The molecule has 2 aliphatic heterocycles. The summed E-state index contributed by atoms with van der Waals surface area (Å²) in [4.78, 5) is 8.27. The van der Waals surface area contributed by atoms with Crippen LogP contribution in [-0.2, 0) is 4.84 Å². The molecule has 1 aromatic carbocycles. The molecule has 1 saturated carbocycles. The van der Waals surface area contributed by atoms with Gasteiger partial charge in [-0.3, -0.25) is 0 Å². The molecule has 0 bridgehead atoms. The minimum atomic E-state index is -0.165. The number of thiocarbonyl (C=S) groups is 1. The molecule has 2 heterocycles. The normalized spacial score (nSPS) is 22.9. The van der Waals surface area contributed by atoms with Gasteiger partial charge in [0.05, 0.1) is 5.71 Å². The van der Waals surface area contributed by atoms with Crippen molar-refractivity contribution in [1.29, 1.82) is 0 Å².